The number of anilines is 1. The second-order valence-electron chi connectivity index (χ2n) is 3.52. The maximum absolute atomic E-state index is 13.5. The molecule has 1 saturated heterocycles. The number of carbonyl (C=O) groups is 1. The van der Waals surface area contributed by atoms with Gasteiger partial charge in [-0.05, 0) is 0 Å². The molecule has 2 atom stereocenters. The van der Waals surface area contributed by atoms with E-state index in [1.807, 2.05) is 0 Å². The lowest BCUT2D eigenvalue weighted by molar-refractivity contribution is 0.152. The van der Waals surface area contributed by atoms with Crippen molar-refractivity contribution in [2.45, 2.75) is 12.2 Å². The number of nitrogen functional groups attached to an aromatic ring is 1. The molecule has 0 saturated carbocycles. The molecule has 1 amide bonds. The first-order valence-electron chi connectivity index (χ1n) is 4.49. The monoisotopic (exact) mass is 214 g/mol. The molecule has 0 aliphatic carbocycles. The average Bonchev–Trinajstić information content (AvgIpc) is 2.71. The van der Waals surface area contributed by atoms with Crippen molar-refractivity contribution >= 4 is 11.8 Å². The van der Waals surface area contributed by atoms with Crippen LogP contribution < -0.4 is 5.73 Å². The maximum Gasteiger partial charge on any atom is 0.407 e. The molecule has 0 bridgehead atoms. The summed E-state index contributed by atoms with van der Waals surface area (Å²) >= 11 is 0. The van der Waals surface area contributed by atoms with Gasteiger partial charge < -0.3 is 15.7 Å². The fraction of sp³-hybridized carbons (Fsp3) is 0.500. The Bertz CT molecular complexity index is 380. The van der Waals surface area contributed by atoms with Crippen LogP contribution in [0.5, 0.6) is 0 Å². The molecule has 15 heavy (non-hydrogen) atoms. The van der Waals surface area contributed by atoms with Gasteiger partial charge in [-0.2, -0.15) is 5.10 Å². The van der Waals surface area contributed by atoms with E-state index in [1.165, 1.54) is 17.1 Å². The molecule has 1 fully saturated rings. The lowest BCUT2D eigenvalue weighted by atomic mass is 10.2. The van der Waals surface area contributed by atoms with E-state index < -0.39 is 18.3 Å². The van der Waals surface area contributed by atoms with Crippen LogP contribution in [-0.2, 0) is 0 Å². The summed E-state index contributed by atoms with van der Waals surface area (Å²) in [5.41, 5.74) is 5.89. The predicted octanol–water partition coefficient (Wildman–Crippen LogP) is 0.338. The molecule has 0 radical (unpaired) electrons. The number of carboxylic acid groups (broad SMARTS) is 1. The van der Waals surface area contributed by atoms with Crippen molar-refractivity contribution < 1.29 is 14.3 Å². The van der Waals surface area contributed by atoms with Crippen LogP contribution in [-0.4, -0.2) is 45.1 Å². The van der Waals surface area contributed by atoms with Crippen LogP contribution in [0.3, 0.4) is 0 Å². The summed E-state index contributed by atoms with van der Waals surface area (Å²) in [6.45, 7) is -0.00259. The van der Waals surface area contributed by atoms with E-state index >= 15 is 0 Å². The lowest BCUT2D eigenvalue weighted by Crippen LogP contribution is -2.27. The van der Waals surface area contributed by atoms with E-state index in [-0.39, 0.29) is 13.1 Å². The highest BCUT2D eigenvalue weighted by molar-refractivity contribution is 5.65. The van der Waals surface area contributed by atoms with Crippen LogP contribution in [0.2, 0.25) is 0 Å². The van der Waals surface area contributed by atoms with Gasteiger partial charge in [0.2, 0.25) is 0 Å². The minimum Gasteiger partial charge on any atom is -0.465 e. The van der Waals surface area contributed by atoms with Crippen LogP contribution in [0.15, 0.2) is 12.4 Å². The minimum absolute atomic E-state index is 0.109. The Morgan fingerprint density at radius 1 is 1.67 bits per heavy atom. The number of aromatic nitrogens is 2. The Balaban J connectivity index is 2.15. The summed E-state index contributed by atoms with van der Waals surface area (Å²) in [7, 11) is 0. The summed E-state index contributed by atoms with van der Waals surface area (Å²) in [5, 5.41) is 12.6. The van der Waals surface area contributed by atoms with Crippen LogP contribution in [0, 0.1) is 0 Å². The van der Waals surface area contributed by atoms with Crippen LogP contribution in [0.4, 0.5) is 14.9 Å². The highest BCUT2D eigenvalue weighted by Gasteiger charge is 2.37. The topological polar surface area (TPSA) is 84.4 Å². The quantitative estimate of drug-likeness (QED) is 0.705. The number of hydrogen-bond acceptors (Lipinski definition) is 3. The molecule has 0 aromatic carbocycles. The van der Waals surface area contributed by atoms with E-state index in [9.17, 15) is 9.18 Å². The first-order valence-corrected chi connectivity index (χ1v) is 4.49. The number of halogens is 1. The molecule has 2 heterocycles. The standard InChI is InChI=1S/C8H11FN4O2/c9-6-3-12(8(14)15)4-7(6)13-2-5(10)1-11-13/h1-2,6-7H,3-4,10H2,(H,14,15)/t6-,7-/m1/s1. The molecule has 3 N–H and O–H groups in total. The van der Waals surface area contributed by atoms with Crippen molar-refractivity contribution in [1.82, 2.24) is 14.7 Å². The number of amides is 1. The van der Waals surface area contributed by atoms with Gasteiger partial charge in [0.25, 0.3) is 0 Å². The normalized spacial score (nSPS) is 25.8. The summed E-state index contributed by atoms with van der Waals surface area (Å²) in [5.74, 6) is 0. The zero-order valence-electron chi connectivity index (χ0n) is 7.88. The number of likely N-dealkylation sites (tertiary alicyclic amines) is 1. The number of alkyl halides is 1. The zero-order valence-corrected chi connectivity index (χ0v) is 7.88. The molecule has 7 heteroatoms. The van der Waals surface area contributed by atoms with Gasteiger partial charge in [-0.25, -0.2) is 9.18 Å². The molecule has 6 nitrogen and oxygen atoms in total. The third kappa shape index (κ3) is 1.72. The van der Waals surface area contributed by atoms with Crippen LogP contribution >= 0.6 is 0 Å². The van der Waals surface area contributed by atoms with E-state index in [1.54, 1.807) is 0 Å². The third-order valence-electron chi connectivity index (χ3n) is 2.45. The largest absolute Gasteiger partial charge is 0.465 e. The minimum atomic E-state index is -1.24. The summed E-state index contributed by atoms with van der Waals surface area (Å²) in [6, 6.07) is -0.571. The van der Waals surface area contributed by atoms with Gasteiger partial charge in [0.05, 0.1) is 18.4 Å². The zero-order chi connectivity index (χ0) is 11.0. The molecule has 1 aromatic heterocycles. The van der Waals surface area contributed by atoms with Crippen molar-refractivity contribution in [3.63, 3.8) is 0 Å². The Hall–Kier alpha value is -1.79. The van der Waals surface area contributed by atoms with Crippen LogP contribution in [0.1, 0.15) is 6.04 Å². The Morgan fingerprint density at radius 3 is 2.87 bits per heavy atom. The Morgan fingerprint density at radius 2 is 2.40 bits per heavy atom. The van der Waals surface area contributed by atoms with E-state index in [0.29, 0.717) is 5.69 Å². The molecule has 1 aliphatic heterocycles. The predicted molar refractivity (Wildman–Crippen MR) is 50.2 cm³/mol. The first-order chi connectivity index (χ1) is 7.08. The van der Waals surface area contributed by atoms with Gasteiger partial charge >= 0.3 is 6.09 Å². The second kappa shape index (κ2) is 3.41. The number of nitrogens with zero attached hydrogens (tertiary/aromatic N) is 3. The van der Waals surface area contributed by atoms with Gasteiger partial charge in [-0.15, -0.1) is 0 Å². The SMILES string of the molecule is Nc1cnn([C@@H]2CN(C(=O)O)C[C@H]2F)c1. The molecule has 82 valence electrons. The highest BCUT2D eigenvalue weighted by Crippen LogP contribution is 2.24. The number of rotatable bonds is 1. The van der Waals surface area contributed by atoms with Crippen LogP contribution in [0.25, 0.3) is 0 Å². The Kier molecular flexibility index (Phi) is 2.22. The number of hydrogen-bond donors (Lipinski definition) is 2. The van der Waals surface area contributed by atoms with Crippen molar-refractivity contribution in [2.75, 3.05) is 18.8 Å². The molecule has 0 spiro atoms. The Labute approximate surface area is 85.1 Å². The van der Waals surface area contributed by atoms with Crippen molar-refractivity contribution in [1.29, 1.82) is 0 Å². The molecule has 1 aliphatic rings. The maximum atomic E-state index is 13.5. The second-order valence-corrected chi connectivity index (χ2v) is 3.52. The molecule has 1 aromatic rings. The lowest BCUT2D eigenvalue weighted by Gasteiger charge is -2.12. The fourth-order valence-corrected chi connectivity index (χ4v) is 1.69. The average molecular weight is 214 g/mol. The third-order valence-corrected chi connectivity index (χ3v) is 2.45. The highest BCUT2D eigenvalue weighted by atomic mass is 19.1. The summed E-state index contributed by atoms with van der Waals surface area (Å²) in [6.07, 6.45) is 0.569. The van der Waals surface area contributed by atoms with Gasteiger partial charge in [-0.3, -0.25) is 4.68 Å². The molecule has 2 rings (SSSR count). The van der Waals surface area contributed by atoms with Gasteiger partial charge in [0.15, 0.2) is 0 Å². The van der Waals surface area contributed by atoms with Gasteiger partial charge in [-0.1, -0.05) is 0 Å². The van der Waals surface area contributed by atoms with Crippen molar-refractivity contribution in [3.8, 4) is 0 Å². The summed E-state index contributed by atoms with van der Waals surface area (Å²) in [4.78, 5) is 11.7. The molecular weight excluding hydrogens is 203 g/mol. The molecular formula is C8H11FN4O2. The summed E-state index contributed by atoms with van der Waals surface area (Å²) < 4.78 is 14.9. The van der Waals surface area contributed by atoms with Gasteiger partial charge in [0.1, 0.15) is 12.2 Å². The first kappa shape index (κ1) is 9.75. The van der Waals surface area contributed by atoms with Crippen molar-refractivity contribution in [2.24, 2.45) is 0 Å². The van der Waals surface area contributed by atoms with E-state index in [2.05, 4.69) is 5.10 Å². The van der Waals surface area contributed by atoms with Gasteiger partial charge in [0, 0.05) is 12.7 Å². The van der Waals surface area contributed by atoms with E-state index in [0.717, 1.165) is 4.90 Å². The number of nitrogens with two attached hydrogens (primary N) is 1. The fourth-order valence-electron chi connectivity index (χ4n) is 1.69. The van der Waals surface area contributed by atoms with Crippen molar-refractivity contribution in [3.05, 3.63) is 12.4 Å². The van der Waals surface area contributed by atoms with E-state index in [4.69, 9.17) is 10.8 Å². The smallest absolute Gasteiger partial charge is 0.407 e. The molecule has 0 unspecified atom stereocenters.